The normalized spacial score (nSPS) is 27.6. The van der Waals surface area contributed by atoms with Gasteiger partial charge in [0.25, 0.3) is 0 Å². The monoisotopic (exact) mass is 266 g/mol. The molecule has 5 rings (SSSR count). The number of fused-ring (bicyclic) bond motifs is 3. The summed E-state index contributed by atoms with van der Waals surface area (Å²) in [5.74, 6) is 0.354. The number of H-pyrrole nitrogens is 1. The SMILES string of the molecule is CC=C1CN2CCC1C(=O)c1[nH]c3ccccc3c1C2. The molecule has 1 aromatic heterocycles. The minimum atomic E-state index is 0.0726. The predicted octanol–water partition coefficient (Wildman–Crippen LogP) is 3.13. The van der Waals surface area contributed by atoms with Gasteiger partial charge in [-0.2, -0.15) is 0 Å². The number of carbonyl (C=O) groups is 1. The van der Waals surface area contributed by atoms with Gasteiger partial charge in [-0.15, -0.1) is 0 Å². The highest BCUT2D eigenvalue weighted by atomic mass is 16.1. The van der Waals surface area contributed by atoms with Crippen molar-refractivity contribution < 1.29 is 4.79 Å². The second kappa shape index (κ2) is 4.32. The maximum atomic E-state index is 12.9. The van der Waals surface area contributed by atoms with Gasteiger partial charge in [-0.05, 0) is 31.5 Å². The lowest BCUT2D eigenvalue weighted by Gasteiger charge is -2.36. The fraction of sp³-hybridized carbons (Fsp3) is 0.353. The molecule has 3 aliphatic rings. The van der Waals surface area contributed by atoms with Crippen LogP contribution in [0.25, 0.3) is 10.9 Å². The fourth-order valence-electron chi connectivity index (χ4n) is 3.64. The molecule has 2 bridgehead atoms. The zero-order valence-corrected chi connectivity index (χ0v) is 11.6. The van der Waals surface area contributed by atoms with Gasteiger partial charge in [0, 0.05) is 35.5 Å². The van der Waals surface area contributed by atoms with E-state index in [0.29, 0.717) is 0 Å². The summed E-state index contributed by atoms with van der Waals surface area (Å²) in [5.41, 5.74) is 4.38. The second-order valence-corrected chi connectivity index (χ2v) is 5.80. The summed E-state index contributed by atoms with van der Waals surface area (Å²) >= 11 is 0. The van der Waals surface area contributed by atoms with Crippen LogP contribution in [-0.2, 0) is 6.54 Å². The Labute approximate surface area is 118 Å². The van der Waals surface area contributed by atoms with Crippen LogP contribution in [0.3, 0.4) is 0 Å². The Morgan fingerprint density at radius 2 is 2.15 bits per heavy atom. The zero-order chi connectivity index (χ0) is 13.7. The van der Waals surface area contributed by atoms with E-state index in [2.05, 4.69) is 28.1 Å². The van der Waals surface area contributed by atoms with Crippen molar-refractivity contribution >= 4 is 16.7 Å². The Kier molecular flexibility index (Phi) is 2.57. The Hall–Kier alpha value is -1.87. The maximum Gasteiger partial charge on any atom is 0.186 e. The van der Waals surface area contributed by atoms with Crippen molar-refractivity contribution in [2.75, 3.05) is 13.1 Å². The topological polar surface area (TPSA) is 36.1 Å². The molecule has 0 amide bonds. The van der Waals surface area contributed by atoms with Crippen molar-refractivity contribution in [3.8, 4) is 0 Å². The molecular weight excluding hydrogens is 248 g/mol. The summed E-state index contributed by atoms with van der Waals surface area (Å²) in [5, 5.41) is 1.20. The van der Waals surface area contributed by atoms with Gasteiger partial charge in [0.15, 0.2) is 5.78 Å². The van der Waals surface area contributed by atoms with E-state index in [-0.39, 0.29) is 11.7 Å². The van der Waals surface area contributed by atoms with Crippen LogP contribution in [-0.4, -0.2) is 28.8 Å². The number of carbonyl (C=O) groups excluding carboxylic acids is 1. The number of nitrogens with one attached hydrogen (secondary N) is 1. The highest BCUT2D eigenvalue weighted by Crippen LogP contribution is 2.35. The number of para-hydroxylation sites is 1. The lowest BCUT2D eigenvalue weighted by atomic mass is 9.83. The summed E-state index contributed by atoms with van der Waals surface area (Å²) < 4.78 is 0. The van der Waals surface area contributed by atoms with Crippen molar-refractivity contribution in [1.29, 1.82) is 0 Å². The predicted molar refractivity (Wildman–Crippen MR) is 79.8 cm³/mol. The molecule has 2 atom stereocenters. The van der Waals surface area contributed by atoms with Crippen molar-refractivity contribution in [2.45, 2.75) is 19.9 Å². The van der Waals surface area contributed by atoms with E-state index in [1.54, 1.807) is 0 Å². The van der Waals surface area contributed by atoms with Crippen LogP contribution in [0, 0.1) is 5.92 Å². The van der Waals surface area contributed by atoms with E-state index < -0.39 is 0 Å². The Morgan fingerprint density at radius 1 is 1.30 bits per heavy atom. The molecule has 2 unspecified atom stereocenters. The van der Waals surface area contributed by atoms with Crippen LogP contribution in [0.5, 0.6) is 0 Å². The number of benzene rings is 1. The van der Waals surface area contributed by atoms with Crippen molar-refractivity contribution in [3.63, 3.8) is 0 Å². The van der Waals surface area contributed by atoms with Gasteiger partial charge in [-0.25, -0.2) is 0 Å². The molecule has 0 aliphatic carbocycles. The molecule has 2 aromatic rings. The third kappa shape index (κ3) is 1.59. The molecule has 3 heteroatoms. The first-order valence-corrected chi connectivity index (χ1v) is 7.29. The Balaban J connectivity index is 1.95. The quantitative estimate of drug-likeness (QED) is 0.744. The number of Topliss-reactive ketones (excluding diaryl/α,β-unsaturated/α-hetero) is 1. The minimum Gasteiger partial charge on any atom is -0.352 e. The smallest absolute Gasteiger partial charge is 0.186 e. The van der Waals surface area contributed by atoms with Gasteiger partial charge < -0.3 is 4.98 Å². The first-order valence-electron chi connectivity index (χ1n) is 7.29. The van der Waals surface area contributed by atoms with Crippen LogP contribution in [0.4, 0.5) is 0 Å². The van der Waals surface area contributed by atoms with Gasteiger partial charge in [-0.3, -0.25) is 9.69 Å². The van der Waals surface area contributed by atoms with E-state index in [1.165, 1.54) is 16.5 Å². The molecule has 1 saturated heterocycles. The first-order chi connectivity index (χ1) is 9.78. The maximum absolute atomic E-state index is 12.9. The van der Waals surface area contributed by atoms with Crippen LogP contribution in [0.15, 0.2) is 35.9 Å². The molecule has 0 saturated carbocycles. The molecule has 1 fully saturated rings. The Morgan fingerprint density at radius 3 is 3.00 bits per heavy atom. The number of allylic oxidation sites excluding steroid dienone is 1. The van der Waals surface area contributed by atoms with Crippen molar-refractivity contribution in [1.82, 2.24) is 9.88 Å². The number of hydrogen-bond acceptors (Lipinski definition) is 2. The third-order valence-corrected chi connectivity index (χ3v) is 4.72. The average Bonchev–Trinajstić information content (AvgIpc) is 2.83. The average molecular weight is 266 g/mol. The summed E-state index contributed by atoms with van der Waals surface area (Å²) in [6, 6.07) is 8.24. The van der Waals surface area contributed by atoms with E-state index in [4.69, 9.17) is 0 Å². The first kappa shape index (κ1) is 11.9. The third-order valence-electron chi connectivity index (χ3n) is 4.72. The van der Waals surface area contributed by atoms with E-state index in [0.717, 1.165) is 37.3 Å². The molecule has 0 radical (unpaired) electrons. The van der Waals surface area contributed by atoms with Crippen molar-refractivity contribution in [3.05, 3.63) is 47.2 Å². The number of piperidine rings is 1. The van der Waals surface area contributed by atoms with E-state index >= 15 is 0 Å². The lowest BCUT2D eigenvalue weighted by Crippen LogP contribution is -2.40. The number of nitrogens with zero attached hydrogens (tertiary/aromatic N) is 1. The van der Waals surface area contributed by atoms with E-state index in [1.807, 2.05) is 19.1 Å². The molecular formula is C17H18N2O. The number of rotatable bonds is 0. The molecule has 4 heterocycles. The molecule has 1 N–H and O–H groups in total. The minimum absolute atomic E-state index is 0.0726. The van der Waals surface area contributed by atoms with Crippen LogP contribution in [0.1, 0.15) is 29.4 Å². The molecule has 20 heavy (non-hydrogen) atoms. The molecule has 0 spiro atoms. The molecule has 3 aliphatic heterocycles. The van der Waals surface area contributed by atoms with Gasteiger partial charge in [0.05, 0.1) is 5.69 Å². The van der Waals surface area contributed by atoms with Gasteiger partial charge in [0.2, 0.25) is 0 Å². The largest absolute Gasteiger partial charge is 0.352 e. The Bertz CT molecular complexity index is 726. The highest BCUT2D eigenvalue weighted by molar-refractivity contribution is 6.04. The zero-order valence-electron chi connectivity index (χ0n) is 11.6. The van der Waals surface area contributed by atoms with Crippen molar-refractivity contribution in [2.24, 2.45) is 5.92 Å². The number of hydrogen-bond donors (Lipinski definition) is 1. The highest BCUT2D eigenvalue weighted by Gasteiger charge is 2.35. The summed E-state index contributed by atoms with van der Waals surface area (Å²) in [6.45, 7) is 4.88. The van der Waals surface area contributed by atoms with Crippen LogP contribution >= 0.6 is 0 Å². The van der Waals surface area contributed by atoms with Gasteiger partial charge >= 0.3 is 0 Å². The summed E-state index contributed by atoms with van der Waals surface area (Å²) in [6.07, 6.45) is 3.08. The molecule has 102 valence electrons. The van der Waals surface area contributed by atoms with Gasteiger partial charge in [-0.1, -0.05) is 24.3 Å². The number of aromatic amines is 1. The second-order valence-electron chi connectivity index (χ2n) is 5.80. The molecule has 3 nitrogen and oxygen atoms in total. The van der Waals surface area contributed by atoms with E-state index in [9.17, 15) is 4.79 Å². The number of aromatic nitrogens is 1. The van der Waals surface area contributed by atoms with Gasteiger partial charge in [0.1, 0.15) is 0 Å². The van der Waals surface area contributed by atoms with Crippen LogP contribution < -0.4 is 0 Å². The lowest BCUT2D eigenvalue weighted by molar-refractivity contribution is 0.0875. The fourth-order valence-corrected chi connectivity index (χ4v) is 3.64. The summed E-state index contributed by atoms with van der Waals surface area (Å²) in [7, 11) is 0. The molecule has 1 aromatic carbocycles. The standard InChI is InChI=1S/C17H18N2O/c1-2-11-9-19-8-7-12(11)17(20)16-14(10-19)13-5-3-4-6-15(13)18-16/h2-6,12,18H,7-10H2,1H3. The summed E-state index contributed by atoms with van der Waals surface area (Å²) in [4.78, 5) is 18.7. The number of ketones is 1. The van der Waals surface area contributed by atoms with Crippen LogP contribution in [0.2, 0.25) is 0 Å².